The number of hydrogen-bond donors (Lipinski definition) is 3. The molecule has 9 nitrogen and oxygen atoms in total. The van der Waals surface area contributed by atoms with Gasteiger partial charge < -0.3 is 25.2 Å². The van der Waals surface area contributed by atoms with Crippen molar-refractivity contribution in [1.29, 1.82) is 0 Å². The molecule has 4 rings (SSSR count). The van der Waals surface area contributed by atoms with Gasteiger partial charge in [-0.15, -0.1) is 0 Å². The van der Waals surface area contributed by atoms with E-state index < -0.39 is 42.4 Å². The molecule has 202 valence electrons. The van der Waals surface area contributed by atoms with Gasteiger partial charge in [-0.3, -0.25) is 14.4 Å². The highest BCUT2D eigenvalue weighted by Crippen LogP contribution is 2.44. The van der Waals surface area contributed by atoms with E-state index in [0.717, 1.165) is 27.8 Å². The molecule has 0 unspecified atom stereocenters. The van der Waals surface area contributed by atoms with Gasteiger partial charge in [0.05, 0.1) is 12.8 Å². The first-order valence-electron chi connectivity index (χ1n) is 12.6. The average molecular weight is 531 g/mol. The van der Waals surface area contributed by atoms with E-state index in [1.165, 1.54) is 6.92 Å². The van der Waals surface area contributed by atoms with E-state index in [1.54, 1.807) is 12.1 Å². The number of carbonyl (C=O) groups excluding carboxylic acids is 3. The monoisotopic (exact) mass is 530 g/mol. The third-order valence-corrected chi connectivity index (χ3v) is 6.44. The SMILES string of the molecule is C[C@@H](CC(=O)O)NC(=O)[C@H](CC(=O)OCc1ccccc1)NC(=O)OCC1c2ccccc2-c2ccccc21. The van der Waals surface area contributed by atoms with Crippen LogP contribution in [0, 0.1) is 0 Å². The zero-order valence-electron chi connectivity index (χ0n) is 21.5. The molecule has 0 saturated carbocycles. The summed E-state index contributed by atoms with van der Waals surface area (Å²) in [7, 11) is 0. The number of fused-ring (bicyclic) bond motifs is 3. The second-order valence-corrected chi connectivity index (χ2v) is 9.38. The van der Waals surface area contributed by atoms with Crippen molar-refractivity contribution >= 4 is 23.9 Å². The summed E-state index contributed by atoms with van der Waals surface area (Å²) in [6.45, 7) is 1.56. The first-order chi connectivity index (χ1) is 18.8. The maximum absolute atomic E-state index is 12.9. The van der Waals surface area contributed by atoms with Gasteiger partial charge >= 0.3 is 18.0 Å². The van der Waals surface area contributed by atoms with Crippen molar-refractivity contribution in [3.63, 3.8) is 0 Å². The van der Waals surface area contributed by atoms with Gasteiger partial charge in [-0.1, -0.05) is 78.9 Å². The highest BCUT2D eigenvalue weighted by Gasteiger charge is 2.31. The Morgan fingerprint density at radius 1 is 0.795 bits per heavy atom. The minimum Gasteiger partial charge on any atom is -0.481 e. The van der Waals surface area contributed by atoms with Crippen LogP contribution >= 0.6 is 0 Å². The van der Waals surface area contributed by atoms with Crippen molar-refractivity contribution in [1.82, 2.24) is 10.6 Å². The molecule has 0 aliphatic heterocycles. The van der Waals surface area contributed by atoms with Gasteiger partial charge in [-0.05, 0) is 34.7 Å². The second kappa shape index (κ2) is 12.7. The second-order valence-electron chi connectivity index (χ2n) is 9.38. The quantitative estimate of drug-likeness (QED) is 0.319. The summed E-state index contributed by atoms with van der Waals surface area (Å²) >= 11 is 0. The van der Waals surface area contributed by atoms with Crippen LogP contribution in [0.3, 0.4) is 0 Å². The Labute approximate surface area is 226 Å². The predicted molar refractivity (Wildman–Crippen MR) is 143 cm³/mol. The summed E-state index contributed by atoms with van der Waals surface area (Å²) in [6, 6.07) is 22.8. The van der Waals surface area contributed by atoms with E-state index in [2.05, 4.69) is 10.6 Å². The zero-order valence-corrected chi connectivity index (χ0v) is 21.5. The van der Waals surface area contributed by atoms with Gasteiger partial charge in [0.25, 0.3) is 0 Å². The number of amides is 2. The van der Waals surface area contributed by atoms with Crippen molar-refractivity contribution < 1.29 is 33.8 Å². The largest absolute Gasteiger partial charge is 0.481 e. The standard InChI is InChI=1S/C30H30N2O7/c1-19(15-27(33)34)31-29(36)26(16-28(35)38-17-20-9-3-2-4-10-20)32-30(37)39-18-25-23-13-7-5-11-21(23)22-12-6-8-14-24(22)25/h2-14,19,25-26H,15-18H2,1H3,(H,31,36)(H,32,37)(H,33,34)/t19-,26-/m0/s1. The minimum atomic E-state index is -1.32. The Hall–Kier alpha value is -4.66. The molecule has 0 radical (unpaired) electrons. The van der Waals surface area contributed by atoms with Crippen molar-refractivity contribution in [3.05, 3.63) is 95.6 Å². The Balaban J connectivity index is 1.40. The lowest BCUT2D eigenvalue weighted by molar-refractivity contribution is -0.147. The first-order valence-corrected chi connectivity index (χ1v) is 12.6. The number of hydrogen-bond acceptors (Lipinski definition) is 6. The summed E-state index contributed by atoms with van der Waals surface area (Å²) in [5.74, 6) is -2.69. The van der Waals surface area contributed by atoms with Crippen LogP contribution in [0.2, 0.25) is 0 Å². The molecule has 3 aromatic carbocycles. The van der Waals surface area contributed by atoms with Gasteiger partial charge in [-0.25, -0.2) is 4.79 Å². The molecule has 9 heteroatoms. The molecule has 1 aliphatic rings. The van der Waals surface area contributed by atoms with Gasteiger partial charge in [0.1, 0.15) is 19.3 Å². The Morgan fingerprint density at radius 3 is 2.00 bits per heavy atom. The molecule has 0 bridgehead atoms. The van der Waals surface area contributed by atoms with E-state index in [9.17, 15) is 19.2 Å². The number of carbonyl (C=O) groups is 4. The van der Waals surface area contributed by atoms with E-state index >= 15 is 0 Å². The fourth-order valence-electron chi connectivity index (χ4n) is 4.61. The third kappa shape index (κ3) is 7.22. The van der Waals surface area contributed by atoms with Crippen LogP contribution < -0.4 is 10.6 Å². The lowest BCUT2D eigenvalue weighted by Crippen LogP contribution is -2.50. The third-order valence-electron chi connectivity index (χ3n) is 6.44. The molecule has 0 aromatic heterocycles. The summed E-state index contributed by atoms with van der Waals surface area (Å²) in [4.78, 5) is 49.2. The molecule has 0 fully saturated rings. The molecule has 1 aliphatic carbocycles. The smallest absolute Gasteiger partial charge is 0.407 e. The number of carboxylic acid groups (broad SMARTS) is 1. The van der Waals surface area contributed by atoms with E-state index in [-0.39, 0.29) is 25.6 Å². The topological polar surface area (TPSA) is 131 Å². The summed E-state index contributed by atoms with van der Waals surface area (Å²) in [5, 5.41) is 14.0. The zero-order chi connectivity index (χ0) is 27.8. The van der Waals surface area contributed by atoms with Gasteiger partial charge in [0, 0.05) is 12.0 Å². The summed E-state index contributed by atoms with van der Waals surface area (Å²) < 4.78 is 10.8. The molecular formula is C30H30N2O7. The van der Waals surface area contributed by atoms with Crippen LogP contribution in [-0.4, -0.2) is 47.7 Å². The number of ether oxygens (including phenoxy) is 2. The maximum atomic E-state index is 12.9. The summed E-state index contributed by atoms with van der Waals surface area (Å²) in [6.07, 6.45) is -1.65. The van der Waals surface area contributed by atoms with Gasteiger partial charge in [0.2, 0.25) is 5.91 Å². The number of carboxylic acids is 1. The first kappa shape index (κ1) is 27.4. The molecule has 2 amide bonds. The molecule has 0 heterocycles. The number of nitrogens with one attached hydrogen (secondary N) is 2. The van der Waals surface area contributed by atoms with Gasteiger partial charge in [-0.2, -0.15) is 0 Å². The molecule has 0 spiro atoms. The normalized spacial score (nSPS) is 13.4. The van der Waals surface area contributed by atoms with E-state index in [1.807, 2.05) is 66.7 Å². The van der Waals surface area contributed by atoms with Gasteiger partial charge in [0.15, 0.2) is 0 Å². The van der Waals surface area contributed by atoms with Crippen LogP contribution in [0.4, 0.5) is 4.79 Å². The number of alkyl carbamates (subject to hydrolysis) is 1. The lowest BCUT2D eigenvalue weighted by atomic mass is 9.98. The maximum Gasteiger partial charge on any atom is 0.407 e. The van der Waals surface area contributed by atoms with Crippen molar-refractivity contribution in [2.24, 2.45) is 0 Å². The average Bonchev–Trinajstić information content (AvgIpc) is 3.24. The molecule has 3 N–H and O–H groups in total. The van der Waals surface area contributed by atoms with Crippen molar-refractivity contribution in [3.8, 4) is 11.1 Å². The number of rotatable bonds is 11. The fourth-order valence-corrected chi connectivity index (χ4v) is 4.61. The van der Waals surface area contributed by atoms with Crippen LogP contribution in [0.15, 0.2) is 78.9 Å². The van der Waals surface area contributed by atoms with Crippen molar-refractivity contribution in [2.45, 2.75) is 44.4 Å². The molecule has 2 atom stereocenters. The molecule has 0 saturated heterocycles. The predicted octanol–water partition coefficient (Wildman–Crippen LogP) is 4.01. The Kier molecular flexibility index (Phi) is 8.94. The number of benzene rings is 3. The van der Waals surface area contributed by atoms with Crippen LogP contribution in [0.25, 0.3) is 11.1 Å². The Bertz CT molecular complexity index is 1300. The molecule has 39 heavy (non-hydrogen) atoms. The van der Waals surface area contributed by atoms with Crippen molar-refractivity contribution in [2.75, 3.05) is 6.61 Å². The Morgan fingerprint density at radius 2 is 1.38 bits per heavy atom. The fraction of sp³-hybridized carbons (Fsp3) is 0.267. The van der Waals surface area contributed by atoms with Crippen LogP contribution in [0.1, 0.15) is 42.4 Å². The minimum absolute atomic E-state index is 0.00831. The highest BCUT2D eigenvalue weighted by atomic mass is 16.5. The van der Waals surface area contributed by atoms with E-state index in [0.29, 0.717) is 0 Å². The molecule has 3 aromatic rings. The van der Waals surface area contributed by atoms with Crippen LogP contribution in [0.5, 0.6) is 0 Å². The highest BCUT2D eigenvalue weighted by molar-refractivity contribution is 5.90. The number of esters is 1. The molecular weight excluding hydrogens is 500 g/mol. The summed E-state index contributed by atoms with van der Waals surface area (Å²) in [5.41, 5.74) is 4.99. The van der Waals surface area contributed by atoms with E-state index in [4.69, 9.17) is 14.6 Å². The van der Waals surface area contributed by atoms with Crippen LogP contribution in [-0.2, 0) is 30.5 Å². The number of aliphatic carboxylic acids is 1. The lowest BCUT2D eigenvalue weighted by Gasteiger charge is -2.21.